The van der Waals surface area contributed by atoms with Crippen molar-refractivity contribution >= 4 is 23.2 Å². The summed E-state index contributed by atoms with van der Waals surface area (Å²) in [4.78, 5) is 12.2. The summed E-state index contributed by atoms with van der Waals surface area (Å²) in [5.74, 6) is 0.0557. The van der Waals surface area contributed by atoms with Crippen LogP contribution in [0.3, 0.4) is 0 Å². The van der Waals surface area contributed by atoms with E-state index in [1.807, 2.05) is 42.5 Å². The first kappa shape index (κ1) is 14.0. The van der Waals surface area contributed by atoms with Gasteiger partial charge >= 0.3 is 0 Å². The van der Waals surface area contributed by atoms with Crippen molar-refractivity contribution in [2.75, 3.05) is 11.9 Å². The van der Waals surface area contributed by atoms with Gasteiger partial charge in [0.25, 0.3) is 0 Å². The molecule has 0 bridgehead atoms. The topological polar surface area (TPSA) is 41.1 Å². The monoisotopic (exact) mass is 300 g/mol. The van der Waals surface area contributed by atoms with Crippen LogP contribution >= 0.6 is 11.6 Å². The molecule has 0 saturated heterocycles. The van der Waals surface area contributed by atoms with E-state index in [2.05, 4.69) is 16.7 Å². The molecular weight excluding hydrogens is 284 g/mol. The number of hydrogen-bond acceptors (Lipinski definition) is 2. The van der Waals surface area contributed by atoms with Gasteiger partial charge in [-0.15, -0.1) is 0 Å². The lowest BCUT2D eigenvalue weighted by molar-refractivity contribution is -0.121. The molecule has 0 unspecified atom stereocenters. The Bertz CT molecular complexity index is 614. The maximum Gasteiger partial charge on any atom is 0.242 e. The number of hydrogen-bond donors (Lipinski definition) is 2. The van der Waals surface area contributed by atoms with Gasteiger partial charge in [-0.1, -0.05) is 41.9 Å². The molecule has 3 rings (SSSR count). The van der Waals surface area contributed by atoms with Crippen LogP contribution in [-0.2, 0) is 17.6 Å². The summed E-state index contributed by atoms with van der Waals surface area (Å²) in [5.41, 5.74) is 3.44. The minimum Gasteiger partial charge on any atom is -0.373 e. The van der Waals surface area contributed by atoms with Gasteiger partial charge in [-0.3, -0.25) is 4.79 Å². The first-order valence-corrected chi connectivity index (χ1v) is 7.47. The highest BCUT2D eigenvalue weighted by Gasteiger charge is 2.25. The van der Waals surface area contributed by atoms with Gasteiger partial charge in [0, 0.05) is 23.7 Å². The quantitative estimate of drug-likeness (QED) is 0.911. The molecule has 2 aromatic rings. The van der Waals surface area contributed by atoms with Crippen molar-refractivity contribution in [1.82, 2.24) is 5.32 Å². The number of carbonyl (C=O) groups is 1. The number of anilines is 1. The van der Waals surface area contributed by atoms with Gasteiger partial charge in [0.1, 0.15) is 6.04 Å². The number of halogens is 1. The number of nitrogens with one attached hydrogen (secondary N) is 2. The minimum absolute atomic E-state index is 0.0557. The van der Waals surface area contributed by atoms with Crippen LogP contribution in [0, 0.1) is 0 Å². The zero-order chi connectivity index (χ0) is 14.7. The van der Waals surface area contributed by atoms with E-state index >= 15 is 0 Å². The number of para-hydroxylation sites is 1. The number of fused-ring (bicyclic) bond motifs is 1. The van der Waals surface area contributed by atoms with E-state index in [9.17, 15) is 4.79 Å². The molecule has 1 amide bonds. The lowest BCUT2D eigenvalue weighted by Gasteiger charge is -2.12. The zero-order valence-electron chi connectivity index (χ0n) is 11.6. The van der Waals surface area contributed by atoms with Gasteiger partial charge in [-0.25, -0.2) is 0 Å². The van der Waals surface area contributed by atoms with Gasteiger partial charge in [-0.05, 0) is 35.7 Å². The third kappa shape index (κ3) is 3.37. The molecule has 0 fully saturated rings. The summed E-state index contributed by atoms with van der Waals surface area (Å²) >= 11 is 5.85. The Morgan fingerprint density at radius 2 is 1.95 bits per heavy atom. The van der Waals surface area contributed by atoms with Crippen LogP contribution in [-0.4, -0.2) is 18.5 Å². The Labute approximate surface area is 129 Å². The van der Waals surface area contributed by atoms with Crippen molar-refractivity contribution in [3.05, 3.63) is 64.7 Å². The average Bonchev–Trinajstić information content (AvgIpc) is 2.93. The first-order chi connectivity index (χ1) is 10.2. The largest absolute Gasteiger partial charge is 0.373 e. The van der Waals surface area contributed by atoms with Crippen molar-refractivity contribution < 1.29 is 4.79 Å². The van der Waals surface area contributed by atoms with Crippen molar-refractivity contribution in [2.45, 2.75) is 18.9 Å². The highest BCUT2D eigenvalue weighted by Crippen LogP contribution is 2.25. The molecule has 4 heteroatoms. The summed E-state index contributed by atoms with van der Waals surface area (Å²) in [6, 6.07) is 15.6. The van der Waals surface area contributed by atoms with Crippen LogP contribution in [0.5, 0.6) is 0 Å². The van der Waals surface area contributed by atoms with Gasteiger partial charge in [0.2, 0.25) is 5.91 Å². The molecule has 0 spiro atoms. The van der Waals surface area contributed by atoms with Gasteiger partial charge < -0.3 is 10.6 Å². The summed E-state index contributed by atoms with van der Waals surface area (Å²) in [6.45, 7) is 0.634. The summed E-state index contributed by atoms with van der Waals surface area (Å²) in [5, 5.41) is 6.98. The van der Waals surface area contributed by atoms with Crippen LogP contribution in [0.2, 0.25) is 5.02 Å². The molecule has 1 heterocycles. The maximum atomic E-state index is 12.2. The number of amides is 1. The molecule has 1 aliphatic rings. The lowest BCUT2D eigenvalue weighted by Crippen LogP contribution is -2.39. The standard InChI is InChI=1S/C17H17ClN2O/c18-14-7-5-12(6-8-14)9-10-19-17(21)16-11-13-3-1-2-4-15(13)20-16/h1-8,16,20H,9-11H2,(H,19,21)/t16-/m0/s1. The second kappa shape index (κ2) is 6.19. The van der Waals surface area contributed by atoms with E-state index in [4.69, 9.17) is 11.6 Å². The molecular formula is C17H17ClN2O. The molecule has 1 aliphatic heterocycles. The van der Waals surface area contributed by atoms with E-state index in [0.717, 1.165) is 23.6 Å². The number of rotatable bonds is 4. The third-order valence-electron chi connectivity index (χ3n) is 3.71. The fourth-order valence-corrected chi connectivity index (χ4v) is 2.69. The Kier molecular flexibility index (Phi) is 4.11. The second-order valence-electron chi connectivity index (χ2n) is 5.23. The zero-order valence-corrected chi connectivity index (χ0v) is 12.4. The molecule has 0 saturated carbocycles. The van der Waals surface area contributed by atoms with E-state index in [1.54, 1.807) is 0 Å². The maximum absolute atomic E-state index is 12.2. The van der Waals surface area contributed by atoms with Crippen molar-refractivity contribution in [3.63, 3.8) is 0 Å². The number of carbonyl (C=O) groups excluding carboxylic acids is 1. The first-order valence-electron chi connectivity index (χ1n) is 7.09. The Hall–Kier alpha value is -2.00. The van der Waals surface area contributed by atoms with Crippen LogP contribution in [0.4, 0.5) is 5.69 Å². The predicted octanol–water partition coefficient (Wildman–Crippen LogP) is 3.04. The summed E-state index contributed by atoms with van der Waals surface area (Å²) in [7, 11) is 0. The minimum atomic E-state index is -0.160. The summed E-state index contributed by atoms with van der Waals surface area (Å²) in [6.07, 6.45) is 1.56. The van der Waals surface area contributed by atoms with E-state index < -0.39 is 0 Å². The lowest BCUT2D eigenvalue weighted by atomic mass is 10.1. The molecule has 2 aromatic carbocycles. The third-order valence-corrected chi connectivity index (χ3v) is 3.97. The molecule has 0 aromatic heterocycles. The van der Waals surface area contributed by atoms with E-state index in [0.29, 0.717) is 6.54 Å². The Balaban J connectivity index is 1.48. The molecule has 1 atom stereocenters. The highest BCUT2D eigenvalue weighted by molar-refractivity contribution is 6.30. The molecule has 108 valence electrons. The van der Waals surface area contributed by atoms with Crippen molar-refractivity contribution in [1.29, 1.82) is 0 Å². The molecule has 3 nitrogen and oxygen atoms in total. The van der Waals surface area contributed by atoms with E-state index in [1.165, 1.54) is 11.1 Å². The number of benzene rings is 2. The van der Waals surface area contributed by atoms with Crippen molar-refractivity contribution in [2.24, 2.45) is 0 Å². The van der Waals surface area contributed by atoms with Gasteiger partial charge in [-0.2, -0.15) is 0 Å². The summed E-state index contributed by atoms with van der Waals surface area (Å²) < 4.78 is 0. The van der Waals surface area contributed by atoms with Crippen LogP contribution in [0.15, 0.2) is 48.5 Å². The van der Waals surface area contributed by atoms with Crippen molar-refractivity contribution in [3.8, 4) is 0 Å². The Morgan fingerprint density at radius 3 is 2.71 bits per heavy atom. The molecule has 21 heavy (non-hydrogen) atoms. The van der Waals surface area contributed by atoms with Gasteiger partial charge in [0.15, 0.2) is 0 Å². The average molecular weight is 301 g/mol. The van der Waals surface area contributed by atoms with Crippen LogP contribution < -0.4 is 10.6 Å². The second-order valence-corrected chi connectivity index (χ2v) is 5.66. The molecule has 2 N–H and O–H groups in total. The smallest absolute Gasteiger partial charge is 0.242 e. The molecule has 0 radical (unpaired) electrons. The molecule has 0 aliphatic carbocycles. The van der Waals surface area contributed by atoms with E-state index in [-0.39, 0.29) is 11.9 Å². The SMILES string of the molecule is O=C(NCCc1ccc(Cl)cc1)[C@@H]1Cc2ccccc2N1. The van der Waals surface area contributed by atoms with Crippen LogP contribution in [0.25, 0.3) is 0 Å². The fourth-order valence-electron chi connectivity index (χ4n) is 2.56. The normalized spacial score (nSPS) is 16.1. The predicted molar refractivity (Wildman–Crippen MR) is 85.7 cm³/mol. The highest BCUT2D eigenvalue weighted by atomic mass is 35.5. The fraction of sp³-hybridized carbons (Fsp3) is 0.235. The van der Waals surface area contributed by atoms with Gasteiger partial charge in [0.05, 0.1) is 0 Å². The Morgan fingerprint density at radius 1 is 1.19 bits per heavy atom. The van der Waals surface area contributed by atoms with Crippen LogP contribution in [0.1, 0.15) is 11.1 Å².